The van der Waals surface area contributed by atoms with Crippen LogP contribution in [-0.4, -0.2) is 39.1 Å². The molecule has 1 saturated heterocycles. The number of hydrogen-bond donors (Lipinski definition) is 2. The van der Waals surface area contributed by atoms with Crippen molar-refractivity contribution in [3.8, 4) is 11.3 Å². The van der Waals surface area contributed by atoms with Gasteiger partial charge in [-0.1, -0.05) is 0 Å². The standard InChI is InChI=1S/C27H28F3N5O2/c1-16-10-22(33-24(11-16)34-23-12-21(8-9-31-23)27(28,29)30)19-6-7-25(32-13-19)35-14-20(15-35)17-2-4-18(5-3-17)26(36)37/h6-13,17-18,20H,2-5,14-15H2,1H3,(H,36,37)(H,31,33,34). The summed E-state index contributed by atoms with van der Waals surface area (Å²) in [5, 5.41) is 12.1. The first-order chi connectivity index (χ1) is 17.7. The van der Waals surface area contributed by atoms with Crippen LogP contribution < -0.4 is 10.2 Å². The molecule has 194 valence electrons. The van der Waals surface area contributed by atoms with E-state index in [4.69, 9.17) is 0 Å². The van der Waals surface area contributed by atoms with Crippen molar-refractivity contribution >= 4 is 23.4 Å². The zero-order chi connectivity index (χ0) is 26.2. The van der Waals surface area contributed by atoms with Crippen LogP contribution in [0.1, 0.15) is 36.8 Å². The summed E-state index contributed by atoms with van der Waals surface area (Å²) in [5.41, 5.74) is 1.58. The van der Waals surface area contributed by atoms with Crippen LogP contribution in [-0.2, 0) is 11.0 Å². The number of carboxylic acids is 1. The first-order valence-corrected chi connectivity index (χ1v) is 12.4. The molecule has 1 aliphatic carbocycles. The molecule has 0 radical (unpaired) electrons. The van der Waals surface area contributed by atoms with Gasteiger partial charge in [-0.25, -0.2) is 15.0 Å². The second-order valence-corrected chi connectivity index (χ2v) is 9.99. The van der Waals surface area contributed by atoms with Gasteiger partial charge >= 0.3 is 12.1 Å². The molecule has 5 rings (SSSR count). The molecule has 4 heterocycles. The van der Waals surface area contributed by atoms with Crippen LogP contribution in [0.25, 0.3) is 11.3 Å². The van der Waals surface area contributed by atoms with Gasteiger partial charge in [0.2, 0.25) is 0 Å². The summed E-state index contributed by atoms with van der Waals surface area (Å²) in [6.07, 6.45) is 1.93. The highest BCUT2D eigenvalue weighted by Crippen LogP contribution is 2.39. The van der Waals surface area contributed by atoms with E-state index in [2.05, 4.69) is 25.2 Å². The molecule has 0 unspecified atom stereocenters. The number of nitrogens with one attached hydrogen (secondary N) is 1. The summed E-state index contributed by atoms with van der Waals surface area (Å²) in [4.78, 5) is 26.6. The minimum Gasteiger partial charge on any atom is -0.481 e. The number of pyridine rings is 3. The average Bonchev–Trinajstić information content (AvgIpc) is 2.83. The molecule has 2 fully saturated rings. The Balaban J connectivity index is 1.22. The van der Waals surface area contributed by atoms with Crippen LogP contribution in [0, 0.1) is 24.7 Å². The zero-order valence-corrected chi connectivity index (χ0v) is 20.4. The summed E-state index contributed by atoms with van der Waals surface area (Å²) in [6, 6.07) is 9.43. The van der Waals surface area contributed by atoms with Gasteiger partial charge in [-0.15, -0.1) is 0 Å². The molecule has 0 amide bonds. The van der Waals surface area contributed by atoms with Gasteiger partial charge in [0.15, 0.2) is 0 Å². The summed E-state index contributed by atoms with van der Waals surface area (Å²) < 4.78 is 39.1. The van der Waals surface area contributed by atoms with Crippen molar-refractivity contribution in [3.05, 3.63) is 59.9 Å². The first-order valence-electron chi connectivity index (χ1n) is 12.4. The van der Waals surface area contributed by atoms with Gasteiger partial charge in [0.05, 0.1) is 17.2 Å². The zero-order valence-electron chi connectivity index (χ0n) is 20.4. The molecule has 1 saturated carbocycles. The van der Waals surface area contributed by atoms with Crippen molar-refractivity contribution in [1.82, 2.24) is 15.0 Å². The predicted octanol–water partition coefficient (Wildman–Crippen LogP) is 5.94. The molecule has 3 aromatic heterocycles. The molecule has 0 aromatic carbocycles. The summed E-state index contributed by atoms with van der Waals surface area (Å²) in [6.45, 7) is 3.74. The van der Waals surface area contributed by atoms with Crippen molar-refractivity contribution in [1.29, 1.82) is 0 Å². The minimum absolute atomic E-state index is 0.0659. The number of nitrogens with zero attached hydrogens (tertiary/aromatic N) is 4. The lowest BCUT2D eigenvalue weighted by molar-refractivity contribution is -0.143. The number of halogens is 3. The highest BCUT2D eigenvalue weighted by Gasteiger charge is 2.37. The monoisotopic (exact) mass is 511 g/mol. The second kappa shape index (κ2) is 9.99. The van der Waals surface area contributed by atoms with Crippen LogP contribution in [0.5, 0.6) is 0 Å². The first kappa shape index (κ1) is 25.0. The maximum Gasteiger partial charge on any atom is 0.416 e. The van der Waals surface area contributed by atoms with Crippen molar-refractivity contribution in [3.63, 3.8) is 0 Å². The fraction of sp³-hybridized carbons (Fsp3) is 0.407. The Morgan fingerprint density at radius 1 is 1.00 bits per heavy atom. The SMILES string of the molecule is Cc1cc(Nc2cc(C(F)(F)F)ccn2)nc(-c2ccc(N3CC(C4CCC(C(=O)O)CC4)C3)nc2)c1. The third-order valence-corrected chi connectivity index (χ3v) is 7.38. The maximum absolute atomic E-state index is 13.0. The number of alkyl halides is 3. The molecule has 3 aromatic rings. The van der Waals surface area contributed by atoms with E-state index in [1.165, 1.54) is 0 Å². The lowest BCUT2D eigenvalue weighted by Gasteiger charge is -2.46. The van der Waals surface area contributed by atoms with Gasteiger partial charge in [-0.3, -0.25) is 4.79 Å². The molecule has 0 spiro atoms. The normalized spacial score (nSPS) is 20.4. The number of hydrogen-bond acceptors (Lipinski definition) is 6. The van der Waals surface area contributed by atoms with Gasteiger partial charge in [0, 0.05) is 31.0 Å². The highest BCUT2D eigenvalue weighted by molar-refractivity contribution is 5.70. The van der Waals surface area contributed by atoms with Gasteiger partial charge in [0.1, 0.15) is 17.5 Å². The summed E-state index contributed by atoms with van der Waals surface area (Å²) in [5.74, 6) is 1.65. The van der Waals surface area contributed by atoms with Gasteiger partial charge in [-0.2, -0.15) is 13.2 Å². The van der Waals surface area contributed by atoms with Gasteiger partial charge in [0.25, 0.3) is 0 Å². The smallest absolute Gasteiger partial charge is 0.416 e. The highest BCUT2D eigenvalue weighted by atomic mass is 19.4. The van der Waals surface area contributed by atoms with Crippen LogP contribution in [0.3, 0.4) is 0 Å². The topological polar surface area (TPSA) is 91.2 Å². The summed E-state index contributed by atoms with van der Waals surface area (Å²) in [7, 11) is 0. The van der Waals surface area contributed by atoms with E-state index in [0.717, 1.165) is 74.0 Å². The van der Waals surface area contributed by atoms with Crippen LogP contribution >= 0.6 is 0 Å². The minimum atomic E-state index is -4.45. The molecule has 0 atom stereocenters. The number of carboxylic acid groups (broad SMARTS) is 1. The quantitative estimate of drug-likeness (QED) is 0.423. The number of anilines is 3. The maximum atomic E-state index is 13.0. The van der Waals surface area contributed by atoms with Crippen molar-refractivity contribution in [2.45, 2.75) is 38.8 Å². The number of aromatic nitrogens is 3. The van der Waals surface area contributed by atoms with E-state index in [-0.39, 0.29) is 11.7 Å². The van der Waals surface area contributed by atoms with E-state index in [0.29, 0.717) is 23.3 Å². The number of carbonyl (C=O) groups is 1. The third kappa shape index (κ3) is 5.68. The van der Waals surface area contributed by atoms with Crippen molar-refractivity contribution in [2.24, 2.45) is 17.8 Å². The number of aliphatic carboxylic acids is 1. The lowest BCUT2D eigenvalue weighted by Crippen LogP contribution is -2.51. The van der Waals surface area contributed by atoms with E-state index in [9.17, 15) is 23.1 Å². The van der Waals surface area contributed by atoms with Gasteiger partial charge in [-0.05, 0) is 86.4 Å². The van der Waals surface area contributed by atoms with Crippen LogP contribution in [0.2, 0.25) is 0 Å². The predicted molar refractivity (Wildman–Crippen MR) is 134 cm³/mol. The van der Waals surface area contributed by atoms with Gasteiger partial charge < -0.3 is 15.3 Å². The molecule has 2 N–H and O–H groups in total. The molecule has 7 nitrogen and oxygen atoms in total. The molecule has 37 heavy (non-hydrogen) atoms. The second-order valence-electron chi connectivity index (χ2n) is 9.99. The van der Waals surface area contributed by atoms with Crippen LogP contribution in [0.4, 0.5) is 30.6 Å². The Hall–Kier alpha value is -3.69. The molecule has 1 aliphatic heterocycles. The lowest BCUT2D eigenvalue weighted by atomic mass is 9.73. The molecular formula is C27H28F3N5O2. The molecule has 2 aliphatic rings. The Morgan fingerprint density at radius 3 is 2.41 bits per heavy atom. The van der Waals surface area contributed by atoms with E-state index in [1.807, 2.05) is 25.1 Å². The number of aryl methyl sites for hydroxylation is 1. The molecular weight excluding hydrogens is 483 g/mol. The average molecular weight is 512 g/mol. The Labute approximate surface area is 212 Å². The van der Waals surface area contributed by atoms with Crippen molar-refractivity contribution < 1.29 is 23.1 Å². The Morgan fingerprint density at radius 2 is 1.76 bits per heavy atom. The van der Waals surface area contributed by atoms with E-state index >= 15 is 0 Å². The largest absolute Gasteiger partial charge is 0.481 e. The molecule has 10 heteroatoms. The third-order valence-electron chi connectivity index (χ3n) is 7.38. The number of rotatable bonds is 6. The Kier molecular flexibility index (Phi) is 6.74. The van der Waals surface area contributed by atoms with E-state index in [1.54, 1.807) is 12.3 Å². The Bertz CT molecular complexity index is 1270. The fourth-order valence-electron chi connectivity index (χ4n) is 5.25. The fourth-order valence-corrected chi connectivity index (χ4v) is 5.25. The van der Waals surface area contributed by atoms with E-state index < -0.39 is 17.7 Å². The van der Waals surface area contributed by atoms with Crippen LogP contribution in [0.15, 0.2) is 48.8 Å². The van der Waals surface area contributed by atoms with Crippen molar-refractivity contribution in [2.75, 3.05) is 23.3 Å². The molecule has 0 bridgehead atoms. The summed E-state index contributed by atoms with van der Waals surface area (Å²) >= 11 is 0.